The number of amides is 1. The van der Waals surface area contributed by atoms with Crippen LogP contribution in [0.4, 0.5) is 5.69 Å². The molecule has 2 rings (SSSR count). The van der Waals surface area contributed by atoms with E-state index in [9.17, 15) is 13.2 Å². The van der Waals surface area contributed by atoms with Gasteiger partial charge in [-0.2, -0.15) is 0 Å². The molecular formula is C20H26N2O3S. The molecule has 1 amide bonds. The van der Waals surface area contributed by atoms with Crippen molar-refractivity contribution in [3.8, 4) is 0 Å². The number of sulfonamides is 1. The molecule has 2 aromatic rings. The Hall–Kier alpha value is -2.34. The van der Waals surface area contributed by atoms with Crippen LogP contribution >= 0.6 is 0 Å². The number of carbonyl (C=O) groups excluding carboxylic acids is 1. The molecule has 0 aliphatic heterocycles. The van der Waals surface area contributed by atoms with Crippen LogP contribution in [0, 0.1) is 12.8 Å². The molecule has 5 nitrogen and oxygen atoms in total. The molecule has 0 aromatic heterocycles. The minimum absolute atomic E-state index is 0.0618. The molecule has 6 heteroatoms. The number of benzene rings is 2. The van der Waals surface area contributed by atoms with Crippen molar-refractivity contribution < 1.29 is 13.2 Å². The summed E-state index contributed by atoms with van der Waals surface area (Å²) >= 11 is 0. The van der Waals surface area contributed by atoms with Gasteiger partial charge in [0.25, 0.3) is 15.9 Å². The van der Waals surface area contributed by atoms with Crippen LogP contribution in [0.15, 0.2) is 53.4 Å². The van der Waals surface area contributed by atoms with Crippen LogP contribution in [0.25, 0.3) is 0 Å². The molecule has 0 aliphatic rings. The van der Waals surface area contributed by atoms with Gasteiger partial charge in [-0.1, -0.05) is 31.5 Å². The fourth-order valence-corrected chi connectivity index (χ4v) is 3.48. The first kappa shape index (κ1) is 20.0. The van der Waals surface area contributed by atoms with Crippen molar-refractivity contribution in [1.82, 2.24) is 5.32 Å². The van der Waals surface area contributed by atoms with Gasteiger partial charge in [0.05, 0.1) is 10.6 Å². The first-order valence-corrected chi connectivity index (χ1v) is 10.0. The Balaban J connectivity index is 2.19. The predicted molar refractivity (Wildman–Crippen MR) is 105 cm³/mol. The van der Waals surface area contributed by atoms with Crippen molar-refractivity contribution in [1.29, 1.82) is 0 Å². The zero-order valence-corrected chi connectivity index (χ0v) is 16.7. The number of aryl methyl sites for hydroxylation is 1. The predicted octanol–water partition coefficient (Wildman–Crippen LogP) is 3.59. The molecule has 0 saturated heterocycles. The number of nitrogens with one attached hydrogen (secondary N) is 1. The van der Waals surface area contributed by atoms with Crippen molar-refractivity contribution in [3.63, 3.8) is 0 Å². The molecule has 2 aromatic carbocycles. The lowest BCUT2D eigenvalue weighted by Gasteiger charge is -2.20. The number of carbonyl (C=O) groups is 1. The Kier molecular flexibility index (Phi) is 6.08. The highest BCUT2D eigenvalue weighted by Crippen LogP contribution is 2.22. The summed E-state index contributed by atoms with van der Waals surface area (Å²) in [4.78, 5) is 12.5. The molecule has 0 fully saturated rings. The molecule has 0 bridgehead atoms. The van der Waals surface area contributed by atoms with Crippen LogP contribution in [0.1, 0.15) is 36.7 Å². The van der Waals surface area contributed by atoms with Gasteiger partial charge < -0.3 is 5.32 Å². The van der Waals surface area contributed by atoms with E-state index < -0.39 is 10.0 Å². The van der Waals surface area contributed by atoms with Crippen molar-refractivity contribution >= 4 is 21.6 Å². The van der Waals surface area contributed by atoms with Crippen molar-refractivity contribution in [2.75, 3.05) is 11.4 Å². The van der Waals surface area contributed by atoms with E-state index in [1.54, 1.807) is 48.5 Å². The Labute approximate surface area is 156 Å². The molecule has 140 valence electrons. The lowest BCUT2D eigenvalue weighted by atomic mass is 10.1. The summed E-state index contributed by atoms with van der Waals surface area (Å²) in [6.07, 6.45) is 0. The SMILES string of the molecule is Cc1ccc(S(=O)(=O)N(C)c2ccc(C(=O)N[C@H](C)C(C)C)cc2)cc1. The second-order valence-electron chi connectivity index (χ2n) is 6.84. The Morgan fingerprint density at radius 3 is 2.00 bits per heavy atom. The van der Waals surface area contributed by atoms with Crippen molar-refractivity contribution in [2.24, 2.45) is 5.92 Å². The standard InChI is InChI=1S/C20H26N2O3S/c1-14(2)16(4)21-20(23)17-8-10-18(11-9-17)22(5)26(24,25)19-12-6-15(3)7-13-19/h6-14,16H,1-5H3,(H,21,23)/t16-/m1/s1. The maximum absolute atomic E-state index is 12.7. The molecule has 0 unspecified atom stereocenters. The highest BCUT2D eigenvalue weighted by molar-refractivity contribution is 7.92. The lowest BCUT2D eigenvalue weighted by molar-refractivity contribution is 0.0930. The van der Waals surface area contributed by atoms with Crippen LogP contribution < -0.4 is 9.62 Å². The van der Waals surface area contributed by atoms with Gasteiger partial charge >= 0.3 is 0 Å². The van der Waals surface area contributed by atoms with E-state index in [2.05, 4.69) is 5.32 Å². The van der Waals surface area contributed by atoms with Crippen LogP contribution in [0.2, 0.25) is 0 Å². The summed E-state index contributed by atoms with van der Waals surface area (Å²) in [6, 6.07) is 13.3. The van der Waals surface area contributed by atoms with E-state index in [4.69, 9.17) is 0 Å². The molecular weight excluding hydrogens is 348 g/mol. The zero-order chi connectivity index (χ0) is 19.5. The second kappa shape index (κ2) is 7.91. The topological polar surface area (TPSA) is 66.5 Å². The van der Waals surface area contributed by atoms with Gasteiger partial charge in [0.1, 0.15) is 0 Å². The first-order valence-electron chi connectivity index (χ1n) is 8.59. The van der Waals surface area contributed by atoms with Gasteiger partial charge in [-0.25, -0.2) is 8.42 Å². The summed E-state index contributed by atoms with van der Waals surface area (Å²) in [5.41, 5.74) is 2.00. The van der Waals surface area contributed by atoms with Crippen molar-refractivity contribution in [3.05, 3.63) is 59.7 Å². The Morgan fingerprint density at radius 1 is 0.962 bits per heavy atom. The van der Waals surface area contributed by atoms with Gasteiger partial charge in [-0.15, -0.1) is 0 Å². The average molecular weight is 375 g/mol. The molecule has 1 N–H and O–H groups in total. The number of nitrogens with zero attached hydrogens (tertiary/aromatic N) is 1. The third-order valence-corrected chi connectivity index (χ3v) is 6.33. The monoisotopic (exact) mass is 374 g/mol. The molecule has 26 heavy (non-hydrogen) atoms. The Morgan fingerprint density at radius 2 is 1.50 bits per heavy atom. The summed E-state index contributed by atoms with van der Waals surface area (Å²) in [5.74, 6) is 0.172. The van der Waals surface area contributed by atoms with Gasteiger partial charge in [0, 0.05) is 18.7 Å². The number of rotatable bonds is 6. The molecule has 0 radical (unpaired) electrons. The average Bonchev–Trinajstić information content (AvgIpc) is 2.61. The maximum Gasteiger partial charge on any atom is 0.264 e. The van der Waals surface area contributed by atoms with Crippen LogP contribution in [-0.4, -0.2) is 27.4 Å². The fraction of sp³-hybridized carbons (Fsp3) is 0.350. The summed E-state index contributed by atoms with van der Waals surface area (Å²) in [7, 11) is -2.13. The van der Waals surface area contributed by atoms with Gasteiger partial charge in [-0.05, 0) is 56.2 Å². The molecule has 0 saturated carbocycles. The van der Waals surface area contributed by atoms with Gasteiger partial charge in [0.2, 0.25) is 0 Å². The smallest absolute Gasteiger partial charge is 0.264 e. The van der Waals surface area contributed by atoms with Gasteiger partial charge in [-0.3, -0.25) is 9.10 Å². The van der Waals surface area contributed by atoms with E-state index in [1.165, 1.54) is 11.4 Å². The van der Waals surface area contributed by atoms with E-state index in [0.717, 1.165) is 5.56 Å². The fourth-order valence-electron chi connectivity index (χ4n) is 2.29. The summed E-state index contributed by atoms with van der Waals surface area (Å²) < 4.78 is 26.7. The highest BCUT2D eigenvalue weighted by Gasteiger charge is 2.21. The van der Waals surface area contributed by atoms with Crippen LogP contribution in [0.3, 0.4) is 0 Å². The normalized spacial score (nSPS) is 12.7. The van der Waals surface area contributed by atoms with Crippen LogP contribution in [-0.2, 0) is 10.0 Å². The maximum atomic E-state index is 12.7. The Bertz CT molecular complexity index is 857. The second-order valence-corrected chi connectivity index (χ2v) is 8.81. The first-order chi connectivity index (χ1) is 12.1. The lowest BCUT2D eigenvalue weighted by Crippen LogP contribution is -2.36. The third kappa shape index (κ3) is 4.43. The number of anilines is 1. The molecule has 1 atom stereocenters. The summed E-state index contributed by atoms with van der Waals surface area (Å²) in [5, 5.41) is 2.93. The van der Waals surface area contributed by atoms with Crippen molar-refractivity contribution in [2.45, 2.75) is 38.6 Å². The van der Waals surface area contributed by atoms with Gasteiger partial charge in [0.15, 0.2) is 0 Å². The van der Waals surface area contributed by atoms with Crippen LogP contribution in [0.5, 0.6) is 0 Å². The minimum Gasteiger partial charge on any atom is -0.349 e. The van der Waals surface area contributed by atoms with E-state index in [-0.39, 0.29) is 16.8 Å². The van der Waals surface area contributed by atoms with E-state index in [1.807, 2.05) is 27.7 Å². The number of hydrogen-bond acceptors (Lipinski definition) is 3. The third-order valence-electron chi connectivity index (χ3n) is 4.53. The zero-order valence-electron chi connectivity index (χ0n) is 15.9. The minimum atomic E-state index is -3.64. The quantitative estimate of drug-likeness (QED) is 0.840. The summed E-state index contributed by atoms with van der Waals surface area (Å²) in [6.45, 7) is 7.95. The van der Waals surface area contributed by atoms with E-state index >= 15 is 0 Å². The molecule has 0 heterocycles. The molecule has 0 aliphatic carbocycles. The highest BCUT2D eigenvalue weighted by atomic mass is 32.2. The molecule has 0 spiro atoms. The largest absolute Gasteiger partial charge is 0.349 e. The van der Waals surface area contributed by atoms with E-state index in [0.29, 0.717) is 17.2 Å². The number of hydrogen-bond donors (Lipinski definition) is 1.